The van der Waals surface area contributed by atoms with Crippen LogP contribution >= 0.6 is 11.3 Å². The fraction of sp³-hybridized carbons (Fsp3) is 0.286. The average molecular weight is 199 g/mol. The van der Waals surface area contributed by atoms with E-state index in [2.05, 4.69) is 9.72 Å². The molecule has 5 nitrogen and oxygen atoms in total. The molecule has 1 aromatic heterocycles. The van der Waals surface area contributed by atoms with Gasteiger partial charge >= 0.3 is 5.97 Å². The number of nitrogens with two attached hydrogens (primary N) is 1. The van der Waals surface area contributed by atoms with E-state index in [0.717, 1.165) is 0 Å². The van der Waals surface area contributed by atoms with Crippen molar-refractivity contribution in [3.05, 3.63) is 11.1 Å². The fourth-order valence-electron chi connectivity index (χ4n) is 0.732. The van der Waals surface area contributed by atoms with Crippen LogP contribution in [0.25, 0.3) is 0 Å². The SMILES string of the molecule is CC(=O)OC([C]=O)c1csc(N)n1. The minimum atomic E-state index is -1.06. The van der Waals surface area contributed by atoms with Crippen LogP contribution in [0.3, 0.4) is 0 Å². The number of thiazole rings is 1. The third-order valence-electron chi connectivity index (χ3n) is 1.20. The first-order chi connectivity index (χ1) is 6.13. The van der Waals surface area contributed by atoms with Gasteiger partial charge in [0.15, 0.2) is 5.13 Å². The van der Waals surface area contributed by atoms with Gasteiger partial charge in [0, 0.05) is 12.3 Å². The predicted octanol–water partition coefficient (Wildman–Crippen LogP) is 0.439. The molecule has 0 saturated heterocycles. The maximum Gasteiger partial charge on any atom is 0.303 e. The summed E-state index contributed by atoms with van der Waals surface area (Å²) in [5.74, 6) is -0.556. The van der Waals surface area contributed by atoms with Crippen molar-refractivity contribution >= 4 is 28.7 Å². The number of hydrogen-bond donors (Lipinski definition) is 1. The smallest absolute Gasteiger partial charge is 0.303 e. The highest BCUT2D eigenvalue weighted by Gasteiger charge is 2.17. The van der Waals surface area contributed by atoms with Crippen LogP contribution < -0.4 is 5.73 Å². The van der Waals surface area contributed by atoms with Crippen molar-refractivity contribution in [1.29, 1.82) is 0 Å². The summed E-state index contributed by atoms with van der Waals surface area (Å²) >= 11 is 1.17. The number of carbonyl (C=O) groups excluding carboxylic acids is 2. The molecule has 6 heteroatoms. The van der Waals surface area contributed by atoms with E-state index >= 15 is 0 Å². The molecule has 0 spiro atoms. The third kappa shape index (κ3) is 2.51. The van der Waals surface area contributed by atoms with Crippen molar-refractivity contribution < 1.29 is 14.3 Å². The standard InChI is InChI=1S/C7H7N2O3S/c1-4(11)12-6(2-10)5-3-13-7(8)9-5/h3,6H,1H3,(H2,8,9). The minimum absolute atomic E-state index is 0.313. The lowest BCUT2D eigenvalue weighted by atomic mass is 10.3. The lowest BCUT2D eigenvalue weighted by Gasteiger charge is -2.05. The zero-order chi connectivity index (χ0) is 9.84. The molecule has 0 amide bonds. The summed E-state index contributed by atoms with van der Waals surface area (Å²) in [6.45, 7) is 1.21. The van der Waals surface area contributed by atoms with Crippen molar-refractivity contribution in [2.24, 2.45) is 0 Å². The zero-order valence-electron chi connectivity index (χ0n) is 6.81. The van der Waals surface area contributed by atoms with Crippen molar-refractivity contribution in [2.75, 3.05) is 5.73 Å². The van der Waals surface area contributed by atoms with Crippen LogP contribution in [0.15, 0.2) is 5.38 Å². The highest BCUT2D eigenvalue weighted by atomic mass is 32.1. The monoisotopic (exact) mass is 199 g/mol. The van der Waals surface area contributed by atoms with Gasteiger partial charge in [0.1, 0.15) is 5.69 Å². The summed E-state index contributed by atoms with van der Waals surface area (Å²) in [6, 6.07) is 0. The van der Waals surface area contributed by atoms with Crippen LogP contribution in [0, 0.1) is 0 Å². The molecule has 13 heavy (non-hydrogen) atoms. The number of rotatable bonds is 3. The van der Waals surface area contributed by atoms with E-state index in [0.29, 0.717) is 10.8 Å². The van der Waals surface area contributed by atoms with E-state index in [9.17, 15) is 9.59 Å². The van der Waals surface area contributed by atoms with Crippen molar-refractivity contribution in [2.45, 2.75) is 13.0 Å². The molecule has 1 radical (unpaired) electrons. The summed E-state index contributed by atoms with van der Waals surface area (Å²) in [4.78, 5) is 24.7. The molecule has 0 aliphatic heterocycles. The van der Waals surface area contributed by atoms with Crippen molar-refractivity contribution in [3.63, 3.8) is 0 Å². The Morgan fingerprint density at radius 3 is 2.92 bits per heavy atom. The summed E-state index contributed by atoms with van der Waals surface area (Å²) in [5, 5.41) is 1.87. The van der Waals surface area contributed by atoms with E-state index < -0.39 is 12.1 Å². The molecule has 0 saturated carbocycles. The van der Waals surface area contributed by atoms with Gasteiger partial charge < -0.3 is 10.5 Å². The molecule has 1 unspecified atom stereocenters. The first-order valence-electron chi connectivity index (χ1n) is 3.39. The van der Waals surface area contributed by atoms with Gasteiger partial charge in [-0.25, -0.2) is 4.98 Å². The highest BCUT2D eigenvalue weighted by molar-refractivity contribution is 7.13. The number of nitrogens with zero attached hydrogens (tertiary/aromatic N) is 1. The topological polar surface area (TPSA) is 82.3 Å². The maximum atomic E-state index is 10.5. The Hall–Kier alpha value is -1.43. The second-order valence-corrected chi connectivity index (χ2v) is 3.11. The number of hydrogen-bond acceptors (Lipinski definition) is 6. The number of ether oxygens (including phenoxy) is 1. The minimum Gasteiger partial charge on any atom is -0.447 e. The molecule has 0 aromatic carbocycles. The molecule has 1 atom stereocenters. The van der Waals surface area contributed by atoms with Gasteiger partial charge in [-0.05, 0) is 0 Å². The maximum absolute atomic E-state index is 10.5. The van der Waals surface area contributed by atoms with E-state index in [4.69, 9.17) is 5.73 Å². The van der Waals surface area contributed by atoms with Gasteiger partial charge in [0.25, 0.3) is 0 Å². The fourth-order valence-corrected chi connectivity index (χ4v) is 1.31. The molecular formula is C7H7N2O3S. The van der Waals surface area contributed by atoms with E-state index in [1.54, 1.807) is 11.7 Å². The lowest BCUT2D eigenvalue weighted by molar-refractivity contribution is -0.143. The largest absolute Gasteiger partial charge is 0.447 e. The summed E-state index contributed by atoms with van der Waals surface area (Å²) in [5.41, 5.74) is 5.65. The molecule has 1 aromatic rings. The number of carbonyl (C=O) groups is 1. The van der Waals surface area contributed by atoms with Crippen LogP contribution in [-0.2, 0) is 14.3 Å². The molecular weight excluding hydrogens is 192 g/mol. The molecule has 0 fully saturated rings. The first kappa shape index (κ1) is 9.66. The van der Waals surface area contributed by atoms with E-state index in [-0.39, 0.29) is 0 Å². The van der Waals surface area contributed by atoms with Gasteiger partial charge in [-0.2, -0.15) is 0 Å². The number of anilines is 1. The quantitative estimate of drug-likeness (QED) is 0.714. The van der Waals surface area contributed by atoms with Gasteiger partial charge in [-0.1, -0.05) is 0 Å². The van der Waals surface area contributed by atoms with Crippen LogP contribution in [0.5, 0.6) is 0 Å². The highest BCUT2D eigenvalue weighted by Crippen LogP contribution is 2.19. The molecule has 69 valence electrons. The molecule has 0 aliphatic rings. The Morgan fingerprint density at radius 1 is 1.85 bits per heavy atom. The lowest BCUT2D eigenvalue weighted by Crippen LogP contribution is -2.10. The zero-order valence-corrected chi connectivity index (χ0v) is 7.63. The second-order valence-electron chi connectivity index (χ2n) is 2.22. The number of aromatic nitrogens is 1. The summed E-state index contributed by atoms with van der Waals surface area (Å²) < 4.78 is 4.62. The van der Waals surface area contributed by atoms with Crippen molar-refractivity contribution in [1.82, 2.24) is 4.98 Å². The second kappa shape index (κ2) is 3.99. The predicted molar refractivity (Wildman–Crippen MR) is 46.7 cm³/mol. The summed E-state index contributed by atoms with van der Waals surface area (Å²) in [6.07, 6.45) is 0.495. The Bertz CT molecular complexity index is 323. The van der Waals surface area contributed by atoms with E-state index in [1.807, 2.05) is 0 Å². The molecule has 1 heterocycles. The Morgan fingerprint density at radius 2 is 2.54 bits per heavy atom. The van der Waals surface area contributed by atoms with Gasteiger partial charge in [0.2, 0.25) is 12.4 Å². The normalized spacial score (nSPS) is 12.1. The molecule has 1 rings (SSSR count). The van der Waals surface area contributed by atoms with E-state index in [1.165, 1.54) is 18.3 Å². The van der Waals surface area contributed by atoms with Crippen molar-refractivity contribution in [3.8, 4) is 0 Å². The van der Waals surface area contributed by atoms with Crippen LogP contribution in [-0.4, -0.2) is 17.2 Å². The third-order valence-corrected chi connectivity index (χ3v) is 1.89. The first-order valence-corrected chi connectivity index (χ1v) is 4.27. The Kier molecular flexibility index (Phi) is 2.97. The average Bonchev–Trinajstić information content (AvgIpc) is 2.47. The number of esters is 1. The molecule has 0 aliphatic carbocycles. The van der Waals surface area contributed by atoms with Gasteiger partial charge in [0.05, 0.1) is 0 Å². The molecule has 2 N–H and O–H groups in total. The Labute approximate surface area is 78.5 Å². The Balaban J connectivity index is 2.78. The number of nitrogen functional groups attached to an aromatic ring is 1. The van der Waals surface area contributed by atoms with Crippen LogP contribution in [0.2, 0.25) is 0 Å². The van der Waals surface area contributed by atoms with Gasteiger partial charge in [-0.3, -0.25) is 9.59 Å². The van der Waals surface area contributed by atoms with Gasteiger partial charge in [-0.15, -0.1) is 11.3 Å². The van der Waals surface area contributed by atoms with Crippen LogP contribution in [0.1, 0.15) is 18.7 Å². The summed E-state index contributed by atoms with van der Waals surface area (Å²) in [7, 11) is 0. The van der Waals surface area contributed by atoms with Crippen LogP contribution in [0.4, 0.5) is 5.13 Å². The molecule has 0 bridgehead atoms.